The summed E-state index contributed by atoms with van der Waals surface area (Å²) in [7, 11) is 1.74. The van der Waals surface area contributed by atoms with Crippen molar-refractivity contribution in [1.82, 2.24) is 15.5 Å². The zero-order valence-corrected chi connectivity index (χ0v) is 19.9. The molecule has 1 heterocycles. The third-order valence-electron chi connectivity index (χ3n) is 5.10. The summed E-state index contributed by atoms with van der Waals surface area (Å²) in [5, 5.41) is 21.8. The zero-order chi connectivity index (χ0) is 22.9. The molecule has 4 rings (SSSR count). The molecule has 168 valence electrons. The van der Waals surface area contributed by atoms with Gasteiger partial charge >= 0.3 is 0 Å². The molecule has 0 radical (unpaired) electrons. The number of rotatable bonds is 8. The predicted octanol–water partition coefficient (Wildman–Crippen LogP) is 5.41. The lowest BCUT2D eigenvalue weighted by molar-refractivity contribution is 0.195. The van der Waals surface area contributed by atoms with Crippen molar-refractivity contribution < 1.29 is 9.47 Å². The van der Waals surface area contributed by atoms with Crippen molar-refractivity contribution >= 4 is 11.3 Å². The molecule has 1 N–H and O–H groups in total. The molecule has 0 aliphatic heterocycles. The van der Waals surface area contributed by atoms with Crippen molar-refractivity contribution in [2.45, 2.75) is 45.8 Å². The van der Waals surface area contributed by atoms with Crippen LogP contribution >= 0.6 is 11.3 Å². The first-order chi connectivity index (χ1) is 15.6. The standard InChI is InChI=1S/C23H27N3O2S.C2H3N/c1-15(2)28-17-9-7-16(8-10-17)22-25-26-23(29-22)20-6-4-5-19-18(20)11-12-21(19)24-13-14-27-3;1-2-3/h4-10,15,21,24H,11-14H2,1-3H3;1H3. The summed E-state index contributed by atoms with van der Waals surface area (Å²) in [6.07, 6.45) is 2.34. The van der Waals surface area contributed by atoms with Gasteiger partial charge in [0.25, 0.3) is 0 Å². The van der Waals surface area contributed by atoms with Gasteiger partial charge in [-0.3, -0.25) is 0 Å². The second-order valence-electron chi connectivity index (χ2n) is 7.74. The molecule has 3 aromatic rings. The summed E-state index contributed by atoms with van der Waals surface area (Å²) in [6, 6.07) is 16.7. The van der Waals surface area contributed by atoms with Crippen LogP contribution in [-0.4, -0.2) is 36.6 Å². The molecule has 1 aliphatic rings. The molecule has 7 heteroatoms. The fourth-order valence-electron chi connectivity index (χ4n) is 3.80. The molecule has 0 amide bonds. The number of benzene rings is 2. The Morgan fingerprint density at radius 2 is 1.88 bits per heavy atom. The second kappa shape index (κ2) is 11.7. The Kier molecular flexibility index (Phi) is 8.74. The molecule has 1 aromatic heterocycles. The molecule has 0 spiro atoms. The molecule has 32 heavy (non-hydrogen) atoms. The van der Waals surface area contributed by atoms with E-state index in [0.717, 1.165) is 47.3 Å². The first kappa shape index (κ1) is 23.9. The van der Waals surface area contributed by atoms with E-state index in [1.165, 1.54) is 23.6 Å². The fourth-order valence-corrected chi connectivity index (χ4v) is 4.70. The van der Waals surface area contributed by atoms with Crippen LogP contribution in [0.15, 0.2) is 42.5 Å². The van der Waals surface area contributed by atoms with Crippen LogP contribution in [0.1, 0.15) is 44.4 Å². The van der Waals surface area contributed by atoms with Gasteiger partial charge < -0.3 is 14.8 Å². The summed E-state index contributed by atoms with van der Waals surface area (Å²) in [6.45, 7) is 7.08. The number of nitriles is 1. The van der Waals surface area contributed by atoms with Gasteiger partial charge in [0.15, 0.2) is 0 Å². The van der Waals surface area contributed by atoms with E-state index in [1.807, 2.05) is 38.1 Å². The molecule has 1 aliphatic carbocycles. The topological polar surface area (TPSA) is 80.1 Å². The molecule has 1 unspecified atom stereocenters. The van der Waals surface area contributed by atoms with Gasteiger partial charge in [0, 0.05) is 37.7 Å². The normalized spacial score (nSPS) is 14.4. The van der Waals surface area contributed by atoms with Crippen molar-refractivity contribution in [2.24, 2.45) is 0 Å². The maximum atomic E-state index is 7.32. The van der Waals surface area contributed by atoms with E-state index in [4.69, 9.17) is 14.7 Å². The second-order valence-corrected chi connectivity index (χ2v) is 8.72. The first-order valence-electron chi connectivity index (χ1n) is 10.8. The summed E-state index contributed by atoms with van der Waals surface area (Å²) < 4.78 is 10.9. The van der Waals surface area contributed by atoms with Crippen LogP contribution in [0, 0.1) is 11.3 Å². The van der Waals surface area contributed by atoms with Gasteiger partial charge in [-0.2, -0.15) is 5.26 Å². The Morgan fingerprint density at radius 1 is 1.16 bits per heavy atom. The predicted molar refractivity (Wildman–Crippen MR) is 129 cm³/mol. The third-order valence-corrected chi connectivity index (χ3v) is 6.10. The summed E-state index contributed by atoms with van der Waals surface area (Å²) in [5.74, 6) is 0.876. The highest BCUT2D eigenvalue weighted by Gasteiger charge is 2.25. The van der Waals surface area contributed by atoms with Crippen molar-refractivity contribution in [2.75, 3.05) is 20.3 Å². The van der Waals surface area contributed by atoms with Gasteiger partial charge in [-0.25, -0.2) is 0 Å². The number of ether oxygens (including phenoxy) is 2. The number of hydrogen-bond acceptors (Lipinski definition) is 7. The Bertz CT molecular complexity index is 1040. The Balaban J connectivity index is 0.000000913. The van der Waals surface area contributed by atoms with Crippen LogP contribution in [0.25, 0.3) is 21.1 Å². The highest BCUT2D eigenvalue weighted by Crippen LogP contribution is 2.39. The average molecular weight is 451 g/mol. The summed E-state index contributed by atoms with van der Waals surface area (Å²) in [5.41, 5.74) is 5.05. The largest absolute Gasteiger partial charge is 0.491 e. The lowest BCUT2D eigenvalue weighted by Gasteiger charge is -2.14. The van der Waals surface area contributed by atoms with Gasteiger partial charge in [-0.1, -0.05) is 29.5 Å². The molecule has 0 saturated carbocycles. The summed E-state index contributed by atoms with van der Waals surface area (Å²) >= 11 is 1.64. The maximum Gasteiger partial charge on any atom is 0.148 e. The SMILES string of the molecule is CC#N.COCCNC1CCc2c(-c3nnc(-c4ccc(OC(C)C)cc4)s3)cccc21. The highest BCUT2D eigenvalue weighted by atomic mass is 32.1. The number of fused-ring (bicyclic) bond motifs is 1. The van der Waals surface area contributed by atoms with Crippen molar-refractivity contribution in [3.05, 3.63) is 53.6 Å². The van der Waals surface area contributed by atoms with E-state index in [2.05, 4.69) is 33.7 Å². The molecule has 0 saturated heterocycles. The fraction of sp³-hybridized carbons (Fsp3) is 0.400. The van der Waals surface area contributed by atoms with E-state index in [9.17, 15) is 0 Å². The van der Waals surface area contributed by atoms with E-state index in [-0.39, 0.29) is 6.10 Å². The number of nitrogens with zero attached hydrogens (tertiary/aromatic N) is 3. The van der Waals surface area contributed by atoms with Crippen molar-refractivity contribution in [1.29, 1.82) is 5.26 Å². The van der Waals surface area contributed by atoms with Gasteiger partial charge in [-0.05, 0) is 62.1 Å². The van der Waals surface area contributed by atoms with Gasteiger partial charge in [0.05, 0.1) is 18.8 Å². The van der Waals surface area contributed by atoms with E-state index in [1.54, 1.807) is 24.5 Å². The molecule has 6 nitrogen and oxygen atoms in total. The minimum Gasteiger partial charge on any atom is -0.491 e. The molecular weight excluding hydrogens is 420 g/mol. The number of methoxy groups -OCH3 is 1. The molecule has 1 atom stereocenters. The number of nitrogens with one attached hydrogen (secondary N) is 1. The maximum absolute atomic E-state index is 7.32. The van der Waals surface area contributed by atoms with Crippen LogP contribution in [0.3, 0.4) is 0 Å². The first-order valence-corrected chi connectivity index (χ1v) is 11.6. The van der Waals surface area contributed by atoms with Crippen LogP contribution in [0.2, 0.25) is 0 Å². The number of aromatic nitrogens is 2. The lowest BCUT2D eigenvalue weighted by Crippen LogP contribution is -2.23. The van der Waals surface area contributed by atoms with E-state index in [0.29, 0.717) is 6.04 Å². The lowest BCUT2D eigenvalue weighted by atomic mass is 10.0. The van der Waals surface area contributed by atoms with Crippen LogP contribution in [0.4, 0.5) is 0 Å². The van der Waals surface area contributed by atoms with Crippen molar-refractivity contribution in [3.63, 3.8) is 0 Å². The molecule has 0 fully saturated rings. The minimum absolute atomic E-state index is 0.168. The van der Waals surface area contributed by atoms with Gasteiger partial charge in [-0.15, -0.1) is 10.2 Å². The average Bonchev–Trinajstić information content (AvgIpc) is 3.42. The van der Waals surface area contributed by atoms with Gasteiger partial charge in [0.1, 0.15) is 15.8 Å². The highest BCUT2D eigenvalue weighted by molar-refractivity contribution is 7.17. The third kappa shape index (κ3) is 5.92. The Labute approximate surface area is 194 Å². The van der Waals surface area contributed by atoms with Crippen LogP contribution in [-0.2, 0) is 11.2 Å². The summed E-state index contributed by atoms with van der Waals surface area (Å²) in [4.78, 5) is 0. The Hall–Kier alpha value is -2.79. The zero-order valence-electron chi connectivity index (χ0n) is 19.1. The molecule has 0 bridgehead atoms. The Morgan fingerprint density at radius 3 is 2.56 bits per heavy atom. The van der Waals surface area contributed by atoms with Crippen LogP contribution in [0.5, 0.6) is 5.75 Å². The van der Waals surface area contributed by atoms with Crippen molar-refractivity contribution in [3.8, 4) is 33.0 Å². The molecule has 2 aromatic carbocycles. The monoisotopic (exact) mass is 450 g/mol. The van der Waals surface area contributed by atoms with E-state index < -0.39 is 0 Å². The quantitative estimate of drug-likeness (QED) is 0.462. The molecular formula is C25H30N4O2S. The van der Waals surface area contributed by atoms with Crippen LogP contribution < -0.4 is 10.1 Å². The van der Waals surface area contributed by atoms with Gasteiger partial charge in [0.2, 0.25) is 0 Å². The minimum atomic E-state index is 0.168. The van der Waals surface area contributed by atoms with E-state index >= 15 is 0 Å². The number of hydrogen-bond donors (Lipinski definition) is 1. The smallest absolute Gasteiger partial charge is 0.148 e.